The molecule has 0 atom stereocenters. The van der Waals surface area contributed by atoms with Gasteiger partial charge in [0.1, 0.15) is 5.82 Å². The van der Waals surface area contributed by atoms with E-state index in [1.54, 1.807) is 6.07 Å². The van der Waals surface area contributed by atoms with E-state index in [9.17, 15) is 14.0 Å². The summed E-state index contributed by atoms with van der Waals surface area (Å²) < 4.78 is 17.7. The fraction of sp³-hybridized carbons (Fsp3) is 0. The normalized spacial score (nSPS) is 10.2. The van der Waals surface area contributed by atoms with E-state index in [-0.39, 0.29) is 26.4 Å². The molecule has 0 fully saturated rings. The predicted octanol–water partition coefficient (Wildman–Crippen LogP) is 4.71. The van der Waals surface area contributed by atoms with Gasteiger partial charge in [0.15, 0.2) is 5.75 Å². The monoisotopic (exact) mass is 361 g/mol. The largest absolute Gasteiger partial charge is 0.419 e. The lowest BCUT2D eigenvalue weighted by Gasteiger charge is -2.09. The van der Waals surface area contributed by atoms with Gasteiger partial charge in [-0.25, -0.2) is 9.18 Å². The standard InChI is InChI=1S/C14H7Cl3FNO3/c15-8-2-1-3-9(16)12(8)13(20)19-14(21)22-11-5-4-7(18)6-10(11)17/h1-6H,(H,19,20,21). The summed E-state index contributed by atoms with van der Waals surface area (Å²) in [7, 11) is 0. The number of hydrogen-bond acceptors (Lipinski definition) is 3. The third-order valence-corrected chi connectivity index (χ3v) is 3.43. The van der Waals surface area contributed by atoms with E-state index in [1.165, 1.54) is 12.1 Å². The van der Waals surface area contributed by atoms with Crippen molar-refractivity contribution >= 4 is 46.8 Å². The van der Waals surface area contributed by atoms with E-state index < -0.39 is 17.8 Å². The second kappa shape index (κ2) is 6.96. The van der Waals surface area contributed by atoms with Crippen molar-refractivity contribution in [1.29, 1.82) is 0 Å². The molecule has 0 saturated carbocycles. The van der Waals surface area contributed by atoms with Gasteiger partial charge in [0.05, 0.1) is 20.6 Å². The molecule has 2 aromatic carbocycles. The number of imide groups is 1. The first-order valence-electron chi connectivity index (χ1n) is 5.80. The van der Waals surface area contributed by atoms with Crippen molar-refractivity contribution in [3.63, 3.8) is 0 Å². The van der Waals surface area contributed by atoms with E-state index in [4.69, 9.17) is 39.5 Å². The highest BCUT2D eigenvalue weighted by atomic mass is 35.5. The van der Waals surface area contributed by atoms with Crippen LogP contribution in [0.2, 0.25) is 15.1 Å². The Morgan fingerprint density at radius 3 is 2.23 bits per heavy atom. The Balaban J connectivity index is 2.10. The molecule has 0 spiro atoms. The van der Waals surface area contributed by atoms with Gasteiger partial charge in [0, 0.05) is 0 Å². The lowest BCUT2D eigenvalue weighted by atomic mass is 10.2. The fourth-order valence-corrected chi connectivity index (χ4v) is 2.33. The zero-order valence-corrected chi connectivity index (χ0v) is 13.0. The molecule has 0 aliphatic rings. The lowest BCUT2D eigenvalue weighted by Crippen LogP contribution is -2.33. The van der Waals surface area contributed by atoms with Crippen LogP contribution < -0.4 is 10.1 Å². The smallest absolute Gasteiger partial charge is 0.408 e. The van der Waals surface area contributed by atoms with E-state index in [2.05, 4.69) is 0 Å². The molecule has 2 rings (SSSR count). The summed E-state index contributed by atoms with van der Waals surface area (Å²) >= 11 is 17.4. The van der Waals surface area contributed by atoms with Gasteiger partial charge in [-0.3, -0.25) is 10.1 Å². The number of hydrogen-bond donors (Lipinski definition) is 1. The maximum absolute atomic E-state index is 12.9. The van der Waals surface area contributed by atoms with E-state index in [0.29, 0.717) is 0 Å². The van der Waals surface area contributed by atoms with Crippen molar-refractivity contribution in [1.82, 2.24) is 5.32 Å². The topological polar surface area (TPSA) is 55.4 Å². The van der Waals surface area contributed by atoms with Crippen molar-refractivity contribution in [2.75, 3.05) is 0 Å². The van der Waals surface area contributed by atoms with E-state index >= 15 is 0 Å². The molecule has 0 bridgehead atoms. The summed E-state index contributed by atoms with van der Waals surface area (Å²) in [5.41, 5.74) is -0.0620. The molecule has 0 heterocycles. The molecule has 2 aromatic rings. The predicted molar refractivity (Wildman–Crippen MR) is 81.4 cm³/mol. The average molecular weight is 363 g/mol. The van der Waals surface area contributed by atoms with Gasteiger partial charge in [0.2, 0.25) is 0 Å². The molecule has 0 saturated heterocycles. The van der Waals surface area contributed by atoms with Gasteiger partial charge in [-0.15, -0.1) is 0 Å². The Bertz CT molecular complexity index is 732. The number of rotatable bonds is 2. The third kappa shape index (κ3) is 3.88. The summed E-state index contributed by atoms with van der Waals surface area (Å²) in [6, 6.07) is 7.63. The van der Waals surface area contributed by atoms with Gasteiger partial charge in [0.25, 0.3) is 5.91 Å². The summed E-state index contributed by atoms with van der Waals surface area (Å²) in [6.45, 7) is 0. The zero-order valence-electron chi connectivity index (χ0n) is 10.7. The van der Waals surface area contributed by atoms with Crippen LogP contribution in [0, 0.1) is 5.82 Å². The molecule has 8 heteroatoms. The van der Waals surface area contributed by atoms with Gasteiger partial charge >= 0.3 is 6.09 Å². The quantitative estimate of drug-likeness (QED) is 0.841. The van der Waals surface area contributed by atoms with Crippen LogP contribution in [0.25, 0.3) is 0 Å². The van der Waals surface area contributed by atoms with Crippen molar-refractivity contribution in [2.45, 2.75) is 0 Å². The second-order valence-electron chi connectivity index (χ2n) is 4.02. The molecule has 22 heavy (non-hydrogen) atoms. The number of benzene rings is 2. The SMILES string of the molecule is O=C(NC(=O)c1c(Cl)cccc1Cl)Oc1ccc(F)cc1Cl. The highest BCUT2D eigenvalue weighted by molar-refractivity contribution is 6.40. The number of ether oxygens (including phenoxy) is 1. The van der Waals surface area contributed by atoms with E-state index in [1.807, 2.05) is 5.32 Å². The van der Waals surface area contributed by atoms with Crippen LogP contribution >= 0.6 is 34.8 Å². The number of halogens is 4. The molecule has 114 valence electrons. The number of amides is 2. The van der Waals surface area contributed by atoms with Crippen molar-refractivity contribution in [2.24, 2.45) is 0 Å². The molecule has 4 nitrogen and oxygen atoms in total. The number of nitrogens with one attached hydrogen (secondary N) is 1. The van der Waals surface area contributed by atoms with Crippen molar-refractivity contribution in [3.05, 3.63) is 62.8 Å². The number of carbonyl (C=O) groups is 2. The molecule has 0 aromatic heterocycles. The minimum absolute atomic E-state index is 0.0620. The molecule has 0 radical (unpaired) electrons. The van der Waals surface area contributed by atoms with Gasteiger partial charge in [-0.05, 0) is 30.3 Å². The second-order valence-corrected chi connectivity index (χ2v) is 5.24. The highest BCUT2D eigenvalue weighted by Gasteiger charge is 2.18. The Labute approximate surface area is 139 Å². The first-order valence-corrected chi connectivity index (χ1v) is 6.94. The molecule has 0 unspecified atom stereocenters. The van der Waals surface area contributed by atoms with Crippen LogP contribution in [0.5, 0.6) is 5.75 Å². The minimum atomic E-state index is -1.10. The van der Waals surface area contributed by atoms with Gasteiger partial charge in [-0.2, -0.15) is 0 Å². The van der Waals surface area contributed by atoms with Crippen LogP contribution in [0.15, 0.2) is 36.4 Å². The van der Waals surface area contributed by atoms with Gasteiger partial charge < -0.3 is 4.74 Å². The van der Waals surface area contributed by atoms with Crippen molar-refractivity contribution in [3.8, 4) is 5.75 Å². The van der Waals surface area contributed by atoms with Crippen LogP contribution in [0.1, 0.15) is 10.4 Å². The van der Waals surface area contributed by atoms with E-state index in [0.717, 1.165) is 18.2 Å². The Morgan fingerprint density at radius 2 is 1.64 bits per heavy atom. The lowest BCUT2D eigenvalue weighted by molar-refractivity contribution is 0.0951. The highest BCUT2D eigenvalue weighted by Crippen LogP contribution is 2.26. The van der Waals surface area contributed by atoms with Crippen LogP contribution in [-0.2, 0) is 0 Å². The summed E-state index contributed by atoms with van der Waals surface area (Å²) in [5, 5.41) is 2.00. The molecule has 0 aliphatic carbocycles. The average Bonchev–Trinajstić information content (AvgIpc) is 2.41. The molecular weight excluding hydrogens is 356 g/mol. The zero-order chi connectivity index (χ0) is 16.3. The summed E-state index contributed by atoms with van der Waals surface area (Å²) in [5.74, 6) is -1.52. The minimum Gasteiger partial charge on any atom is -0.408 e. The van der Waals surface area contributed by atoms with Crippen molar-refractivity contribution < 1.29 is 18.7 Å². The first kappa shape index (κ1) is 16.5. The molecular formula is C14H7Cl3FNO3. The van der Waals surface area contributed by atoms with Crippen LogP contribution in [0.4, 0.5) is 9.18 Å². The molecule has 0 aliphatic heterocycles. The first-order chi connectivity index (χ1) is 10.4. The summed E-state index contributed by atoms with van der Waals surface area (Å²) in [4.78, 5) is 23.6. The Kier molecular flexibility index (Phi) is 5.24. The van der Waals surface area contributed by atoms with Crippen LogP contribution in [0.3, 0.4) is 0 Å². The maximum Gasteiger partial charge on any atom is 0.419 e. The van der Waals surface area contributed by atoms with Gasteiger partial charge in [-0.1, -0.05) is 40.9 Å². The summed E-state index contributed by atoms with van der Waals surface area (Å²) in [6.07, 6.45) is -1.10. The third-order valence-electron chi connectivity index (χ3n) is 2.50. The molecule has 1 N–H and O–H groups in total. The maximum atomic E-state index is 12.9. The van der Waals surface area contributed by atoms with Crippen LogP contribution in [-0.4, -0.2) is 12.0 Å². The fourth-order valence-electron chi connectivity index (χ4n) is 1.55. The Morgan fingerprint density at radius 1 is 1.00 bits per heavy atom. The number of carbonyl (C=O) groups excluding carboxylic acids is 2. The Hall–Kier alpha value is -1.82. The molecule has 2 amide bonds.